The van der Waals surface area contributed by atoms with Crippen LogP contribution in [0.3, 0.4) is 0 Å². The number of hydrogen-bond donors (Lipinski definition) is 3. The minimum Gasteiger partial charge on any atom is -0.376 e. The Labute approximate surface area is 116 Å². The summed E-state index contributed by atoms with van der Waals surface area (Å²) in [7, 11) is 0. The van der Waals surface area contributed by atoms with Crippen molar-refractivity contribution in [2.75, 3.05) is 19.7 Å². The van der Waals surface area contributed by atoms with Crippen molar-refractivity contribution in [3.63, 3.8) is 0 Å². The van der Waals surface area contributed by atoms with Crippen molar-refractivity contribution in [1.82, 2.24) is 36.4 Å². The van der Waals surface area contributed by atoms with Crippen LogP contribution < -0.4 is 16.2 Å². The number of carbonyl (C=O) groups is 1. The topological polar surface area (TPSA) is 106 Å². The SMILES string of the molecule is O=C(NCC1CCCCO1)C1CNNC1n1cnnn1. The third-order valence-corrected chi connectivity index (χ3v) is 3.72. The van der Waals surface area contributed by atoms with E-state index in [-0.39, 0.29) is 24.1 Å². The van der Waals surface area contributed by atoms with Crippen LogP contribution >= 0.6 is 0 Å². The van der Waals surface area contributed by atoms with Crippen LogP contribution in [0.1, 0.15) is 25.4 Å². The van der Waals surface area contributed by atoms with E-state index in [0.29, 0.717) is 13.1 Å². The second-order valence-corrected chi connectivity index (χ2v) is 5.10. The highest BCUT2D eigenvalue weighted by Crippen LogP contribution is 2.17. The maximum Gasteiger partial charge on any atom is 0.228 e. The molecule has 3 rings (SSSR count). The molecule has 2 aliphatic heterocycles. The van der Waals surface area contributed by atoms with Gasteiger partial charge in [-0.05, 0) is 29.7 Å². The molecule has 1 amide bonds. The predicted octanol–water partition coefficient (Wildman–Crippen LogP) is -1.42. The van der Waals surface area contributed by atoms with Gasteiger partial charge in [0.2, 0.25) is 5.91 Å². The first-order valence-electron chi connectivity index (χ1n) is 6.95. The molecule has 3 heterocycles. The van der Waals surface area contributed by atoms with Gasteiger partial charge in [-0.2, -0.15) is 0 Å². The summed E-state index contributed by atoms with van der Waals surface area (Å²) in [6.45, 7) is 1.90. The summed E-state index contributed by atoms with van der Waals surface area (Å²) in [5, 5.41) is 14.0. The van der Waals surface area contributed by atoms with Gasteiger partial charge >= 0.3 is 0 Å². The van der Waals surface area contributed by atoms with Crippen LogP contribution in [0.25, 0.3) is 0 Å². The first-order chi connectivity index (χ1) is 9.84. The number of aromatic nitrogens is 4. The van der Waals surface area contributed by atoms with E-state index in [2.05, 4.69) is 31.7 Å². The lowest BCUT2D eigenvalue weighted by atomic mass is 10.1. The molecule has 0 spiro atoms. The Balaban J connectivity index is 1.53. The predicted molar refractivity (Wildman–Crippen MR) is 68.1 cm³/mol. The second kappa shape index (κ2) is 6.25. The fourth-order valence-electron chi connectivity index (χ4n) is 2.58. The average molecular weight is 281 g/mol. The van der Waals surface area contributed by atoms with Gasteiger partial charge in [-0.25, -0.2) is 10.1 Å². The Bertz CT molecular complexity index is 432. The van der Waals surface area contributed by atoms with Crippen molar-refractivity contribution in [2.45, 2.75) is 31.5 Å². The van der Waals surface area contributed by atoms with E-state index in [4.69, 9.17) is 4.74 Å². The molecule has 1 aromatic rings. The molecular weight excluding hydrogens is 262 g/mol. The number of carbonyl (C=O) groups excluding carboxylic acids is 1. The summed E-state index contributed by atoms with van der Waals surface area (Å²) in [5.41, 5.74) is 5.98. The van der Waals surface area contributed by atoms with Gasteiger partial charge in [-0.15, -0.1) is 5.10 Å². The molecule has 1 aromatic heterocycles. The summed E-state index contributed by atoms with van der Waals surface area (Å²) in [4.78, 5) is 12.3. The molecule has 2 fully saturated rings. The maximum absolute atomic E-state index is 12.3. The van der Waals surface area contributed by atoms with Crippen LogP contribution in [0.15, 0.2) is 6.33 Å². The van der Waals surface area contributed by atoms with Crippen LogP contribution in [0.4, 0.5) is 0 Å². The highest BCUT2D eigenvalue weighted by molar-refractivity contribution is 5.79. The molecule has 0 radical (unpaired) electrons. The number of amides is 1. The largest absolute Gasteiger partial charge is 0.376 e. The van der Waals surface area contributed by atoms with Gasteiger partial charge in [-0.1, -0.05) is 0 Å². The zero-order chi connectivity index (χ0) is 13.8. The Morgan fingerprint density at radius 3 is 3.20 bits per heavy atom. The normalized spacial score (nSPS) is 30.3. The van der Waals surface area contributed by atoms with Gasteiger partial charge in [0, 0.05) is 19.7 Å². The Kier molecular flexibility index (Phi) is 4.19. The zero-order valence-corrected chi connectivity index (χ0v) is 11.2. The Morgan fingerprint density at radius 1 is 1.50 bits per heavy atom. The summed E-state index contributed by atoms with van der Waals surface area (Å²) >= 11 is 0. The summed E-state index contributed by atoms with van der Waals surface area (Å²) in [6.07, 6.45) is 4.66. The first kappa shape index (κ1) is 13.4. The number of hydrogen-bond acceptors (Lipinski definition) is 7. The third-order valence-electron chi connectivity index (χ3n) is 3.72. The van der Waals surface area contributed by atoms with Crippen molar-refractivity contribution >= 4 is 5.91 Å². The van der Waals surface area contributed by atoms with Gasteiger partial charge in [-0.3, -0.25) is 10.2 Å². The lowest BCUT2D eigenvalue weighted by Gasteiger charge is -2.24. The van der Waals surface area contributed by atoms with Gasteiger partial charge < -0.3 is 10.1 Å². The molecule has 3 N–H and O–H groups in total. The fraction of sp³-hybridized carbons (Fsp3) is 0.818. The molecule has 3 unspecified atom stereocenters. The third kappa shape index (κ3) is 2.94. The number of nitrogens with zero attached hydrogens (tertiary/aromatic N) is 4. The van der Waals surface area contributed by atoms with Crippen molar-refractivity contribution < 1.29 is 9.53 Å². The Morgan fingerprint density at radius 2 is 2.45 bits per heavy atom. The second-order valence-electron chi connectivity index (χ2n) is 5.10. The lowest BCUT2D eigenvalue weighted by molar-refractivity contribution is -0.126. The number of rotatable bonds is 4. The zero-order valence-electron chi connectivity index (χ0n) is 11.2. The number of ether oxygens (including phenoxy) is 1. The molecule has 110 valence electrons. The molecule has 20 heavy (non-hydrogen) atoms. The molecule has 2 aliphatic rings. The summed E-state index contributed by atoms with van der Waals surface area (Å²) in [6, 6.07) is 0. The molecule has 3 atom stereocenters. The lowest BCUT2D eigenvalue weighted by Crippen LogP contribution is -2.41. The molecular formula is C11H19N7O2. The maximum atomic E-state index is 12.3. The van der Waals surface area contributed by atoms with Crippen molar-refractivity contribution in [2.24, 2.45) is 5.92 Å². The molecule has 9 heteroatoms. The molecule has 0 bridgehead atoms. The molecule has 0 saturated carbocycles. The van der Waals surface area contributed by atoms with E-state index < -0.39 is 0 Å². The van der Waals surface area contributed by atoms with Crippen molar-refractivity contribution in [3.8, 4) is 0 Å². The van der Waals surface area contributed by atoms with E-state index >= 15 is 0 Å². The summed E-state index contributed by atoms with van der Waals surface area (Å²) < 4.78 is 7.15. The minimum absolute atomic E-state index is 0.0165. The average Bonchev–Trinajstić information content (AvgIpc) is 3.15. The van der Waals surface area contributed by atoms with Gasteiger partial charge in [0.05, 0.1) is 12.0 Å². The fourth-order valence-corrected chi connectivity index (χ4v) is 2.58. The van der Waals surface area contributed by atoms with Crippen molar-refractivity contribution in [1.29, 1.82) is 0 Å². The molecule has 0 aromatic carbocycles. The van der Waals surface area contributed by atoms with Crippen molar-refractivity contribution in [3.05, 3.63) is 6.33 Å². The van der Waals surface area contributed by atoms with E-state index in [1.54, 1.807) is 4.68 Å². The number of nitrogens with one attached hydrogen (secondary N) is 3. The standard InChI is InChI=1S/C11H19N7O2/c19-11(12-5-8-3-1-2-4-20-8)9-6-13-15-10(9)18-7-14-16-17-18/h7-10,13,15H,1-6H2,(H,12,19). The molecule has 0 aliphatic carbocycles. The van der Waals surface area contributed by atoms with Gasteiger partial charge in [0.1, 0.15) is 12.5 Å². The number of hydrazine groups is 1. The minimum atomic E-state index is -0.266. The van der Waals surface area contributed by atoms with E-state index in [9.17, 15) is 4.79 Å². The first-order valence-corrected chi connectivity index (χ1v) is 6.95. The molecule has 2 saturated heterocycles. The molecule has 9 nitrogen and oxygen atoms in total. The van der Waals surface area contributed by atoms with Crippen LogP contribution in [0.2, 0.25) is 0 Å². The smallest absolute Gasteiger partial charge is 0.228 e. The van der Waals surface area contributed by atoms with Crippen LogP contribution in [0.5, 0.6) is 0 Å². The quantitative estimate of drug-likeness (QED) is 0.622. The van der Waals surface area contributed by atoms with Crippen LogP contribution in [0, 0.1) is 5.92 Å². The van der Waals surface area contributed by atoms with Crippen LogP contribution in [-0.4, -0.2) is 51.9 Å². The highest BCUT2D eigenvalue weighted by atomic mass is 16.5. The van der Waals surface area contributed by atoms with Gasteiger partial charge in [0.25, 0.3) is 0 Å². The Hall–Kier alpha value is -1.58. The van der Waals surface area contributed by atoms with E-state index in [1.807, 2.05) is 0 Å². The highest BCUT2D eigenvalue weighted by Gasteiger charge is 2.35. The number of tetrazole rings is 1. The summed E-state index contributed by atoms with van der Waals surface area (Å²) in [5.74, 6) is -0.265. The van der Waals surface area contributed by atoms with E-state index in [1.165, 1.54) is 12.7 Å². The monoisotopic (exact) mass is 281 g/mol. The van der Waals surface area contributed by atoms with E-state index in [0.717, 1.165) is 19.4 Å². The van der Waals surface area contributed by atoms with Crippen LogP contribution in [-0.2, 0) is 9.53 Å². The van der Waals surface area contributed by atoms with Gasteiger partial charge in [0.15, 0.2) is 0 Å².